The molecule has 0 aromatic heterocycles. The lowest BCUT2D eigenvalue weighted by Crippen LogP contribution is -2.22. The first-order valence-electron chi connectivity index (χ1n) is 7.05. The third-order valence-electron chi connectivity index (χ3n) is 3.12. The van der Waals surface area contributed by atoms with E-state index in [-0.39, 0.29) is 5.91 Å². The number of carbonyl (C=O) groups excluding carboxylic acids is 1. The van der Waals surface area contributed by atoms with Crippen LogP contribution in [-0.4, -0.2) is 32.8 Å². The molecule has 5 nitrogen and oxygen atoms in total. The Morgan fingerprint density at radius 2 is 1.90 bits per heavy atom. The van der Waals surface area contributed by atoms with Crippen LogP contribution in [0, 0.1) is 0 Å². The van der Waals surface area contributed by atoms with Gasteiger partial charge in [0.05, 0.1) is 20.8 Å². The molecule has 1 N–H and O–H groups in total. The minimum absolute atomic E-state index is 0.0793. The number of carbonyl (C=O) groups is 1. The zero-order valence-corrected chi connectivity index (χ0v) is 12.6. The molecule has 1 fully saturated rings. The SMILES string of the molecule is CCOc1c(OC)cc(C=CC(=O)NC2CC2)cc1OC. The molecular formula is C16H21NO4. The lowest BCUT2D eigenvalue weighted by molar-refractivity contribution is -0.116. The molecule has 1 aromatic rings. The van der Waals surface area contributed by atoms with Crippen LogP contribution >= 0.6 is 0 Å². The molecule has 5 heteroatoms. The fraction of sp³-hybridized carbons (Fsp3) is 0.438. The van der Waals surface area contributed by atoms with Crippen LogP contribution in [-0.2, 0) is 4.79 Å². The Morgan fingerprint density at radius 1 is 1.29 bits per heavy atom. The van der Waals surface area contributed by atoms with Crippen LogP contribution in [0.3, 0.4) is 0 Å². The maximum Gasteiger partial charge on any atom is 0.244 e. The molecule has 0 aliphatic heterocycles. The molecule has 0 radical (unpaired) electrons. The molecule has 114 valence electrons. The summed E-state index contributed by atoms with van der Waals surface area (Å²) in [6.07, 6.45) is 5.40. The molecule has 0 bridgehead atoms. The highest BCUT2D eigenvalue weighted by Crippen LogP contribution is 2.38. The molecule has 1 aliphatic rings. The molecular weight excluding hydrogens is 270 g/mol. The van der Waals surface area contributed by atoms with E-state index < -0.39 is 0 Å². The maximum atomic E-state index is 11.7. The van der Waals surface area contributed by atoms with Crippen molar-refractivity contribution in [3.63, 3.8) is 0 Å². The van der Waals surface area contributed by atoms with Crippen molar-refractivity contribution in [2.75, 3.05) is 20.8 Å². The van der Waals surface area contributed by atoms with Gasteiger partial charge in [-0.3, -0.25) is 4.79 Å². The van der Waals surface area contributed by atoms with Gasteiger partial charge in [-0.1, -0.05) is 0 Å². The van der Waals surface area contributed by atoms with E-state index in [4.69, 9.17) is 14.2 Å². The Kier molecular flexibility index (Phi) is 5.09. The van der Waals surface area contributed by atoms with Crippen LogP contribution in [0.2, 0.25) is 0 Å². The molecule has 0 saturated heterocycles. The van der Waals surface area contributed by atoms with Gasteiger partial charge in [0.25, 0.3) is 0 Å². The largest absolute Gasteiger partial charge is 0.493 e. The third kappa shape index (κ3) is 4.15. The summed E-state index contributed by atoms with van der Waals surface area (Å²) >= 11 is 0. The van der Waals surface area contributed by atoms with E-state index in [1.54, 1.807) is 20.3 Å². The van der Waals surface area contributed by atoms with E-state index in [1.807, 2.05) is 19.1 Å². The van der Waals surface area contributed by atoms with E-state index in [0.29, 0.717) is 29.9 Å². The summed E-state index contributed by atoms with van der Waals surface area (Å²) in [6, 6.07) is 3.98. The molecule has 0 heterocycles. The molecule has 1 aliphatic carbocycles. The van der Waals surface area contributed by atoms with Crippen molar-refractivity contribution in [3.8, 4) is 17.2 Å². The molecule has 2 rings (SSSR count). The predicted molar refractivity (Wildman–Crippen MR) is 80.9 cm³/mol. The minimum atomic E-state index is -0.0793. The van der Waals surface area contributed by atoms with Gasteiger partial charge in [0.1, 0.15) is 0 Å². The number of amides is 1. The maximum absolute atomic E-state index is 11.7. The van der Waals surface area contributed by atoms with Crippen molar-refractivity contribution in [2.45, 2.75) is 25.8 Å². The summed E-state index contributed by atoms with van der Waals surface area (Å²) in [5.74, 6) is 1.66. The molecule has 1 saturated carbocycles. The fourth-order valence-corrected chi connectivity index (χ4v) is 1.93. The minimum Gasteiger partial charge on any atom is -0.493 e. The number of rotatable bonds is 7. The average molecular weight is 291 g/mol. The van der Waals surface area contributed by atoms with Crippen LogP contribution < -0.4 is 19.5 Å². The Hall–Kier alpha value is -2.17. The van der Waals surface area contributed by atoms with E-state index in [9.17, 15) is 4.79 Å². The van der Waals surface area contributed by atoms with Crippen LogP contribution in [0.15, 0.2) is 18.2 Å². The topological polar surface area (TPSA) is 56.8 Å². The lowest BCUT2D eigenvalue weighted by Gasteiger charge is -2.14. The number of ether oxygens (including phenoxy) is 3. The van der Waals surface area contributed by atoms with Crippen molar-refractivity contribution < 1.29 is 19.0 Å². The second-order valence-electron chi connectivity index (χ2n) is 4.80. The zero-order valence-electron chi connectivity index (χ0n) is 12.6. The highest BCUT2D eigenvalue weighted by molar-refractivity contribution is 5.92. The predicted octanol–water partition coefficient (Wildman–Crippen LogP) is 2.39. The first-order chi connectivity index (χ1) is 10.2. The molecule has 0 atom stereocenters. The van der Waals surface area contributed by atoms with Crippen LogP contribution in [0.1, 0.15) is 25.3 Å². The van der Waals surface area contributed by atoms with Crippen LogP contribution in [0.4, 0.5) is 0 Å². The van der Waals surface area contributed by atoms with Gasteiger partial charge in [0.15, 0.2) is 11.5 Å². The molecule has 1 aromatic carbocycles. The summed E-state index contributed by atoms with van der Waals surface area (Å²) in [6.45, 7) is 2.42. The van der Waals surface area contributed by atoms with Crippen molar-refractivity contribution in [2.24, 2.45) is 0 Å². The normalized spacial score (nSPS) is 14.0. The van der Waals surface area contributed by atoms with Crippen molar-refractivity contribution >= 4 is 12.0 Å². The fourth-order valence-electron chi connectivity index (χ4n) is 1.93. The van der Waals surface area contributed by atoms with E-state index in [0.717, 1.165) is 18.4 Å². The highest BCUT2D eigenvalue weighted by atomic mass is 16.5. The number of benzene rings is 1. The van der Waals surface area contributed by atoms with E-state index in [1.165, 1.54) is 6.08 Å². The Morgan fingerprint density at radius 3 is 2.38 bits per heavy atom. The van der Waals surface area contributed by atoms with Gasteiger partial charge < -0.3 is 19.5 Å². The summed E-state index contributed by atoms with van der Waals surface area (Å²) in [5, 5.41) is 2.90. The smallest absolute Gasteiger partial charge is 0.244 e. The Labute approximate surface area is 124 Å². The van der Waals surface area contributed by atoms with Gasteiger partial charge in [-0.2, -0.15) is 0 Å². The monoisotopic (exact) mass is 291 g/mol. The van der Waals surface area contributed by atoms with E-state index >= 15 is 0 Å². The molecule has 21 heavy (non-hydrogen) atoms. The number of hydrogen-bond acceptors (Lipinski definition) is 4. The average Bonchev–Trinajstić information content (AvgIpc) is 3.29. The van der Waals surface area contributed by atoms with Crippen molar-refractivity contribution in [1.29, 1.82) is 0 Å². The number of methoxy groups -OCH3 is 2. The van der Waals surface area contributed by atoms with Crippen LogP contribution in [0.25, 0.3) is 6.08 Å². The Balaban J connectivity index is 2.18. The van der Waals surface area contributed by atoms with Gasteiger partial charge >= 0.3 is 0 Å². The van der Waals surface area contributed by atoms with Gasteiger partial charge in [0, 0.05) is 12.1 Å². The summed E-state index contributed by atoms with van der Waals surface area (Å²) < 4.78 is 16.2. The van der Waals surface area contributed by atoms with Crippen LogP contribution in [0.5, 0.6) is 17.2 Å². The third-order valence-corrected chi connectivity index (χ3v) is 3.12. The van der Waals surface area contributed by atoms with E-state index in [2.05, 4.69) is 5.32 Å². The lowest BCUT2D eigenvalue weighted by atomic mass is 10.1. The van der Waals surface area contributed by atoms with Gasteiger partial charge in [-0.05, 0) is 43.5 Å². The van der Waals surface area contributed by atoms with Crippen molar-refractivity contribution in [1.82, 2.24) is 5.32 Å². The zero-order chi connectivity index (χ0) is 15.2. The summed E-state index contributed by atoms with van der Waals surface area (Å²) in [7, 11) is 3.15. The van der Waals surface area contributed by atoms with Crippen molar-refractivity contribution in [3.05, 3.63) is 23.8 Å². The number of hydrogen-bond donors (Lipinski definition) is 1. The Bertz CT molecular complexity index is 510. The molecule has 1 amide bonds. The summed E-state index contributed by atoms with van der Waals surface area (Å²) in [5.41, 5.74) is 0.818. The first-order valence-corrected chi connectivity index (χ1v) is 7.05. The second kappa shape index (κ2) is 7.02. The standard InChI is InChI=1S/C16H21NO4/c1-4-21-16-13(19-2)9-11(10-14(16)20-3)5-8-15(18)17-12-6-7-12/h5,8-10,12H,4,6-7H2,1-3H3,(H,17,18). The van der Waals surface area contributed by atoms with Gasteiger partial charge in [-0.25, -0.2) is 0 Å². The quantitative estimate of drug-likeness (QED) is 0.784. The number of nitrogens with one attached hydrogen (secondary N) is 1. The molecule has 0 unspecified atom stereocenters. The van der Waals surface area contributed by atoms with Gasteiger partial charge in [0.2, 0.25) is 11.7 Å². The second-order valence-corrected chi connectivity index (χ2v) is 4.80. The summed E-state index contributed by atoms with van der Waals surface area (Å²) in [4.78, 5) is 11.7. The first kappa shape index (κ1) is 15.2. The highest BCUT2D eigenvalue weighted by Gasteiger charge is 2.22. The molecule has 0 spiro atoms. The van der Waals surface area contributed by atoms with Gasteiger partial charge in [-0.15, -0.1) is 0 Å².